The van der Waals surface area contributed by atoms with Gasteiger partial charge in [0.1, 0.15) is 12.3 Å². The van der Waals surface area contributed by atoms with E-state index in [2.05, 4.69) is 15.4 Å². The Labute approximate surface area is 166 Å². The first-order valence-electron chi connectivity index (χ1n) is 8.61. The first-order chi connectivity index (χ1) is 13.8. The molecule has 9 heteroatoms. The van der Waals surface area contributed by atoms with E-state index in [1.54, 1.807) is 12.1 Å². The number of alkyl halides is 2. The van der Waals surface area contributed by atoms with E-state index in [0.29, 0.717) is 5.69 Å². The lowest BCUT2D eigenvalue weighted by molar-refractivity contribution is -0.146. The molecule has 0 bridgehead atoms. The number of rotatable bonds is 8. The van der Waals surface area contributed by atoms with Gasteiger partial charge in [0.2, 0.25) is 0 Å². The molecule has 29 heavy (non-hydrogen) atoms. The van der Waals surface area contributed by atoms with Gasteiger partial charge < -0.3 is 20.1 Å². The molecule has 0 spiro atoms. The zero-order chi connectivity index (χ0) is 21.4. The summed E-state index contributed by atoms with van der Waals surface area (Å²) in [5.41, 5.74) is 2.34. The Hall–Kier alpha value is -3.49. The molecule has 0 aliphatic carbocycles. The van der Waals surface area contributed by atoms with Crippen LogP contribution in [-0.2, 0) is 14.3 Å². The van der Waals surface area contributed by atoms with Crippen molar-refractivity contribution < 1.29 is 32.6 Å². The summed E-state index contributed by atoms with van der Waals surface area (Å²) in [6.07, 6.45) is 0. The van der Waals surface area contributed by atoms with Crippen molar-refractivity contribution in [1.82, 2.24) is 5.32 Å². The van der Waals surface area contributed by atoms with Gasteiger partial charge in [0, 0.05) is 5.69 Å². The van der Waals surface area contributed by atoms with Gasteiger partial charge in [-0.1, -0.05) is 24.3 Å². The van der Waals surface area contributed by atoms with Gasteiger partial charge in [-0.25, -0.2) is 0 Å². The van der Waals surface area contributed by atoms with Crippen LogP contribution in [0.1, 0.15) is 21.5 Å². The summed E-state index contributed by atoms with van der Waals surface area (Å²) < 4.78 is 33.9. The van der Waals surface area contributed by atoms with Crippen LogP contribution in [0.15, 0.2) is 42.5 Å². The van der Waals surface area contributed by atoms with E-state index >= 15 is 0 Å². The SMILES string of the molecule is Cc1cccc(NC(=O)COC(=O)CNC(=O)c2ccccc2OC(F)F)c1C. The summed E-state index contributed by atoms with van der Waals surface area (Å²) in [5.74, 6) is -2.50. The average Bonchev–Trinajstić information content (AvgIpc) is 2.68. The second kappa shape index (κ2) is 10.2. The third-order valence-electron chi connectivity index (χ3n) is 3.98. The third kappa shape index (κ3) is 6.56. The Bertz CT molecular complexity index is 902. The fraction of sp³-hybridized carbons (Fsp3) is 0.250. The Balaban J connectivity index is 1.82. The van der Waals surface area contributed by atoms with Gasteiger partial charge in [0.15, 0.2) is 6.61 Å². The predicted octanol–water partition coefficient (Wildman–Crippen LogP) is 2.82. The molecule has 2 aromatic rings. The van der Waals surface area contributed by atoms with E-state index in [0.717, 1.165) is 11.1 Å². The number of benzene rings is 2. The molecule has 2 amide bonds. The van der Waals surface area contributed by atoms with Crippen LogP contribution in [0, 0.1) is 13.8 Å². The van der Waals surface area contributed by atoms with E-state index in [-0.39, 0.29) is 11.3 Å². The van der Waals surface area contributed by atoms with Crippen LogP contribution in [-0.4, -0.2) is 37.5 Å². The zero-order valence-electron chi connectivity index (χ0n) is 15.8. The predicted molar refractivity (Wildman–Crippen MR) is 101 cm³/mol. The van der Waals surface area contributed by atoms with Gasteiger partial charge in [-0.3, -0.25) is 14.4 Å². The van der Waals surface area contributed by atoms with Crippen LogP contribution >= 0.6 is 0 Å². The molecule has 2 N–H and O–H groups in total. The standard InChI is InChI=1S/C20H20F2N2O5/c1-12-6-5-8-15(13(12)2)24-17(25)11-28-18(26)10-23-19(27)14-7-3-4-9-16(14)29-20(21)22/h3-9,20H,10-11H2,1-2H3,(H,23,27)(H,24,25). The monoisotopic (exact) mass is 406 g/mol. The van der Waals surface area contributed by atoms with Crippen molar-refractivity contribution in [2.45, 2.75) is 20.5 Å². The third-order valence-corrected chi connectivity index (χ3v) is 3.98. The number of esters is 1. The van der Waals surface area contributed by atoms with E-state index in [9.17, 15) is 23.2 Å². The molecule has 0 unspecified atom stereocenters. The van der Waals surface area contributed by atoms with Gasteiger partial charge in [0.25, 0.3) is 11.8 Å². The van der Waals surface area contributed by atoms with Crippen molar-refractivity contribution in [3.05, 3.63) is 59.2 Å². The Morgan fingerprint density at radius 3 is 2.48 bits per heavy atom. The Kier molecular flexibility index (Phi) is 7.64. The molecule has 0 atom stereocenters. The van der Waals surface area contributed by atoms with Crippen LogP contribution in [0.25, 0.3) is 0 Å². The summed E-state index contributed by atoms with van der Waals surface area (Å²) >= 11 is 0. The Morgan fingerprint density at radius 1 is 1.03 bits per heavy atom. The summed E-state index contributed by atoms with van der Waals surface area (Å²) in [6, 6.07) is 10.8. The lowest BCUT2D eigenvalue weighted by Crippen LogP contribution is -2.32. The van der Waals surface area contributed by atoms with Gasteiger partial charge in [0.05, 0.1) is 5.56 Å². The molecule has 0 aliphatic heterocycles. The second-order valence-corrected chi connectivity index (χ2v) is 6.01. The molecule has 7 nitrogen and oxygen atoms in total. The minimum atomic E-state index is -3.09. The number of ether oxygens (including phenoxy) is 2. The van der Waals surface area contributed by atoms with Crippen LogP contribution in [0.3, 0.4) is 0 Å². The Morgan fingerprint density at radius 2 is 1.76 bits per heavy atom. The smallest absolute Gasteiger partial charge is 0.387 e. The number of carbonyl (C=O) groups excluding carboxylic acids is 3. The normalized spacial score (nSPS) is 10.4. The van der Waals surface area contributed by atoms with E-state index in [1.807, 2.05) is 19.9 Å². The molecule has 0 saturated carbocycles. The minimum Gasteiger partial charge on any atom is -0.454 e. The van der Waals surface area contributed by atoms with Gasteiger partial charge >= 0.3 is 12.6 Å². The van der Waals surface area contributed by atoms with Crippen molar-refractivity contribution in [3.8, 4) is 5.75 Å². The van der Waals surface area contributed by atoms with Gasteiger partial charge in [-0.2, -0.15) is 8.78 Å². The number of hydrogen-bond acceptors (Lipinski definition) is 5. The van der Waals surface area contributed by atoms with E-state index < -0.39 is 37.5 Å². The topological polar surface area (TPSA) is 93.7 Å². The average molecular weight is 406 g/mol. The van der Waals surface area contributed by atoms with Crippen LogP contribution in [0.5, 0.6) is 5.75 Å². The van der Waals surface area contributed by atoms with Crippen molar-refractivity contribution >= 4 is 23.5 Å². The molecule has 0 saturated heterocycles. The summed E-state index contributed by atoms with van der Waals surface area (Å²) in [5, 5.41) is 4.86. The molecular weight excluding hydrogens is 386 g/mol. The summed E-state index contributed by atoms with van der Waals surface area (Å²) in [6.45, 7) is -0.420. The number of anilines is 1. The maximum Gasteiger partial charge on any atom is 0.387 e. The fourth-order valence-corrected chi connectivity index (χ4v) is 2.37. The molecule has 0 aromatic heterocycles. The fourth-order valence-electron chi connectivity index (χ4n) is 2.37. The minimum absolute atomic E-state index is 0.159. The zero-order valence-corrected chi connectivity index (χ0v) is 15.8. The van der Waals surface area contributed by atoms with Gasteiger partial charge in [-0.05, 0) is 43.2 Å². The van der Waals surface area contributed by atoms with Crippen LogP contribution in [0.2, 0.25) is 0 Å². The number of para-hydroxylation sites is 1. The number of hydrogen-bond donors (Lipinski definition) is 2. The second-order valence-electron chi connectivity index (χ2n) is 6.01. The highest BCUT2D eigenvalue weighted by molar-refractivity contribution is 5.98. The lowest BCUT2D eigenvalue weighted by atomic mass is 10.1. The van der Waals surface area contributed by atoms with Crippen molar-refractivity contribution in [1.29, 1.82) is 0 Å². The van der Waals surface area contributed by atoms with Crippen molar-refractivity contribution in [3.63, 3.8) is 0 Å². The molecule has 0 fully saturated rings. The summed E-state index contributed by atoms with van der Waals surface area (Å²) in [7, 11) is 0. The number of amides is 2. The lowest BCUT2D eigenvalue weighted by Gasteiger charge is -2.12. The maximum absolute atomic E-state index is 12.4. The number of nitrogens with one attached hydrogen (secondary N) is 2. The van der Waals surface area contributed by atoms with E-state index in [4.69, 9.17) is 4.74 Å². The highest BCUT2D eigenvalue weighted by atomic mass is 19.3. The molecule has 0 heterocycles. The quantitative estimate of drug-likeness (QED) is 0.658. The first kappa shape index (κ1) is 21.8. The van der Waals surface area contributed by atoms with Crippen LogP contribution in [0.4, 0.5) is 14.5 Å². The molecule has 2 rings (SSSR count). The highest BCUT2D eigenvalue weighted by Crippen LogP contribution is 2.20. The van der Waals surface area contributed by atoms with Gasteiger partial charge in [-0.15, -0.1) is 0 Å². The molecule has 0 aliphatic rings. The molecule has 2 aromatic carbocycles. The summed E-state index contributed by atoms with van der Waals surface area (Å²) in [4.78, 5) is 35.8. The molecule has 0 radical (unpaired) electrons. The van der Waals surface area contributed by atoms with E-state index in [1.165, 1.54) is 24.3 Å². The van der Waals surface area contributed by atoms with Crippen molar-refractivity contribution in [2.24, 2.45) is 0 Å². The number of halogens is 2. The first-order valence-corrected chi connectivity index (χ1v) is 8.61. The number of aryl methyl sites for hydroxylation is 1. The molecular formula is C20H20F2N2O5. The van der Waals surface area contributed by atoms with Crippen molar-refractivity contribution in [2.75, 3.05) is 18.5 Å². The largest absolute Gasteiger partial charge is 0.454 e. The maximum atomic E-state index is 12.4. The molecule has 154 valence electrons. The van der Waals surface area contributed by atoms with Crippen LogP contribution < -0.4 is 15.4 Å². The highest BCUT2D eigenvalue weighted by Gasteiger charge is 2.17. The number of carbonyl (C=O) groups is 3.